The zero-order valence-corrected chi connectivity index (χ0v) is 24.3. The fourth-order valence-corrected chi connectivity index (χ4v) is 4.11. The van der Waals surface area contributed by atoms with E-state index in [0.29, 0.717) is 24.5 Å². The number of nitro benzene ring substituents is 1. The number of hydrogen-bond acceptors (Lipinski definition) is 8. The third kappa shape index (κ3) is 10.5. The molecule has 0 amide bonds. The molecule has 0 unspecified atom stereocenters. The van der Waals surface area contributed by atoms with Gasteiger partial charge in [0.2, 0.25) is 0 Å². The quantitative estimate of drug-likeness (QED) is 0.0487. The summed E-state index contributed by atoms with van der Waals surface area (Å²) in [6, 6.07) is 16.7. The summed E-state index contributed by atoms with van der Waals surface area (Å²) < 4.78 is 22.1. The van der Waals surface area contributed by atoms with Crippen molar-refractivity contribution in [2.24, 2.45) is 0 Å². The standard InChI is InChI=1S/C33H39NO8/c1-3-5-7-8-9-11-22-39-27-15-12-25(13-16-27)32(35)41-28-17-19-29(20-18-28)42-33(36)26-14-21-31(30(24-26)34(37)38)40-23-10-6-4-2/h12-21,24H,3-11,22-23H2,1-2H3. The lowest BCUT2D eigenvalue weighted by molar-refractivity contribution is -0.385. The molecule has 0 spiro atoms. The molecule has 0 aromatic heterocycles. The molecule has 0 aliphatic carbocycles. The van der Waals surface area contributed by atoms with Gasteiger partial charge in [-0.05, 0) is 73.5 Å². The minimum atomic E-state index is -0.765. The number of nitrogens with zero attached hydrogens (tertiary/aromatic N) is 1. The van der Waals surface area contributed by atoms with Gasteiger partial charge in [-0.1, -0.05) is 58.8 Å². The molecule has 0 saturated heterocycles. The normalized spacial score (nSPS) is 10.6. The smallest absolute Gasteiger partial charge is 0.343 e. The Morgan fingerprint density at radius 3 is 1.71 bits per heavy atom. The molecule has 0 aliphatic heterocycles. The molecule has 0 fully saturated rings. The van der Waals surface area contributed by atoms with Crippen LogP contribution in [0.5, 0.6) is 23.0 Å². The Morgan fingerprint density at radius 2 is 1.10 bits per heavy atom. The van der Waals surface area contributed by atoms with E-state index in [9.17, 15) is 19.7 Å². The van der Waals surface area contributed by atoms with E-state index in [0.717, 1.165) is 38.2 Å². The van der Waals surface area contributed by atoms with Crippen LogP contribution < -0.4 is 18.9 Å². The first-order chi connectivity index (χ1) is 20.4. The first-order valence-electron chi connectivity index (χ1n) is 14.6. The summed E-state index contributed by atoms with van der Waals surface area (Å²) in [4.78, 5) is 36.1. The van der Waals surface area contributed by atoms with Gasteiger partial charge < -0.3 is 18.9 Å². The van der Waals surface area contributed by atoms with Crippen molar-refractivity contribution in [2.45, 2.75) is 71.6 Å². The minimum absolute atomic E-state index is 0.0116. The van der Waals surface area contributed by atoms with Crippen LogP contribution in [0, 0.1) is 10.1 Å². The Balaban J connectivity index is 1.49. The third-order valence-electron chi connectivity index (χ3n) is 6.50. The van der Waals surface area contributed by atoms with Gasteiger partial charge in [-0.2, -0.15) is 0 Å². The van der Waals surface area contributed by atoms with Crippen LogP contribution in [0.2, 0.25) is 0 Å². The molecule has 224 valence electrons. The predicted octanol–water partition coefficient (Wildman–Crippen LogP) is 8.34. The highest BCUT2D eigenvalue weighted by atomic mass is 16.6. The molecule has 42 heavy (non-hydrogen) atoms. The molecule has 0 aliphatic rings. The van der Waals surface area contributed by atoms with Crippen LogP contribution in [0.25, 0.3) is 0 Å². The maximum atomic E-state index is 12.6. The number of nitro groups is 1. The first kappa shape index (κ1) is 32.1. The van der Waals surface area contributed by atoms with E-state index in [1.54, 1.807) is 24.3 Å². The zero-order valence-electron chi connectivity index (χ0n) is 24.3. The highest BCUT2D eigenvalue weighted by Gasteiger charge is 2.20. The van der Waals surface area contributed by atoms with Gasteiger partial charge in [0.15, 0.2) is 5.75 Å². The molecule has 0 atom stereocenters. The number of carbonyl (C=O) groups excluding carboxylic acids is 2. The Morgan fingerprint density at radius 1 is 0.619 bits per heavy atom. The van der Waals surface area contributed by atoms with Gasteiger partial charge in [0.25, 0.3) is 0 Å². The maximum Gasteiger partial charge on any atom is 0.343 e. The van der Waals surface area contributed by atoms with Gasteiger partial charge in [-0.15, -0.1) is 0 Å². The minimum Gasteiger partial charge on any atom is -0.494 e. The molecule has 9 nitrogen and oxygen atoms in total. The molecule has 0 N–H and O–H groups in total. The predicted molar refractivity (Wildman–Crippen MR) is 160 cm³/mol. The second kappa shape index (κ2) is 17.4. The van der Waals surface area contributed by atoms with E-state index in [1.807, 2.05) is 0 Å². The van der Waals surface area contributed by atoms with Crippen LogP contribution >= 0.6 is 0 Å². The fourth-order valence-electron chi connectivity index (χ4n) is 4.11. The molecular formula is C33H39NO8. The molecule has 0 bridgehead atoms. The average Bonchev–Trinajstić information content (AvgIpc) is 3.00. The van der Waals surface area contributed by atoms with Crippen LogP contribution in [-0.2, 0) is 0 Å². The van der Waals surface area contributed by atoms with Crippen molar-refractivity contribution in [1.82, 2.24) is 0 Å². The monoisotopic (exact) mass is 577 g/mol. The van der Waals surface area contributed by atoms with Crippen LogP contribution in [0.3, 0.4) is 0 Å². The second-order valence-electron chi connectivity index (χ2n) is 9.89. The Hall–Kier alpha value is -4.40. The average molecular weight is 578 g/mol. The number of benzene rings is 3. The summed E-state index contributed by atoms with van der Waals surface area (Å²) in [5, 5.41) is 11.5. The summed E-state index contributed by atoms with van der Waals surface area (Å²) >= 11 is 0. The van der Waals surface area contributed by atoms with Gasteiger partial charge in [-0.3, -0.25) is 10.1 Å². The summed E-state index contributed by atoms with van der Waals surface area (Å²) in [5.41, 5.74) is 0.0786. The van der Waals surface area contributed by atoms with Crippen molar-refractivity contribution < 1.29 is 33.5 Å². The Bertz CT molecular complexity index is 1290. The molecule has 3 rings (SSSR count). The van der Waals surface area contributed by atoms with E-state index in [1.165, 1.54) is 62.1 Å². The number of esters is 2. The summed E-state index contributed by atoms with van der Waals surface area (Å²) in [6.07, 6.45) is 9.87. The lowest BCUT2D eigenvalue weighted by Crippen LogP contribution is -2.10. The maximum absolute atomic E-state index is 12.6. The Labute approximate surface area is 246 Å². The lowest BCUT2D eigenvalue weighted by atomic mass is 10.1. The van der Waals surface area contributed by atoms with Crippen molar-refractivity contribution in [1.29, 1.82) is 0 Å². The zero-order chi connectivity index (χ0) is 30.2. The van der Waals surface area contributed by atoms with Crippen molar-refractivity contribution in [2.75, 3.05) is 13.2 Å². The lowest BCUT2D eigenvalue weighted by Gasteiger charge is -2.09. The summed E-state index contributed by atoms with van der Waals surface area (Å²) in [5.74, 6) is -0.0387. The number of ether oxygens (including phenoxy) is 4. The van der Waals surface area contributed by atoms with Gasteiger partial charge in [0.1, 0.15) is 17.2 Å². The number of rotatable bonds is 18. The molecule has 9 heteroatoms. The molecule has 0 saturated carbocycles. The van der Waals surface area contributed by atoms with E-state index in [-0.39, 0.29) is 28.5 Å². The first-order valence-corrected chi connectivity index (χ1v) is 14.6. The Kier molecular flexibility index (Phi) is 13.3. The highest BCUT2D eigenvalue weighted by Crippen LogP contribution is 2.29. The van der Waals surface area contributed by atoms with Crippen LogP contribution in [0.1, 0.15) is 92.4 Å². The van der Waals surface area contributed by atoms with E-state index >= 15 is 0 Å². The molecule has 3 aromatic rings. The molecular weight excluding hydrogens is 538 g/mol. The second-order valence-corrected chi connectivity index (χ2v) is 9.89. The SMILES string of the molecule is CCCCCCCCOc1ccc(C(=O)Oc2ccc(OC(=O)c3ccc(OCCCCC)c([N+](=O)[O-])c3)cc2)cc1. The number of hydrogen-bond donors (Lipinski definition) is 0. The van der Waals surface area contributed by atoms with Gasteiger partial charge >= 0.3 is 17.6 Å². The van der Waals surface area contributed by atoms with Crippen LogP contribution in [0.15, 0.2) is 66.7 Å². The van der Waals surface area contributed by atoms with Gasteiger partial charge in [-0.25, -0.2) is 9.59 Å². The third-order valence-corrected chi connectivity index (χ3v) is 6.50. The number of carbonyl (C=O) groups is 2. The van der Waals surface area contributed by atoms with Crippen molar-refractivity contribution in [3.8, 4) is 23.0 Å². The van der Waals surface area contributed by atoms with Crippen LogP contribution in [-0.4, -0.2) is 30.1 Å². The van der Waals surface area contributed by atoms with Gasteiger partial charge in [0.05, 0.1) is 29.3 Å². The fraction of sp³-hybridized carbons (Fsp3) is 0.394. The van der Waals surface area contributed by atoms with Gasteiger partial charge in [0, 0.05) is 6.07 Å². The summed E-state index contributed by atoms with van der Waals surface area (Å²) in [7, 11) is 0. The van der Waals surface area contributed by atoms with Crippen LogP contribution in [0.4, 0.5) is 5.69 Å². The van der Waals surface area contributed by atoms with Crippen molar-refractivity contribution in [3.05, 3.63) is 88.0 Å². The topological polar surface area (TPSA) is 114 Å². The van der Waals surface area contributed by atoms with E-state index in [2.05, 4.69) is 13.8 Å². The number of unbranched alkanes of at least 4 members (excludes halogenated alkanes) is 7. The van der Waals surface area contributed by atoms with Crippen molar-refractivity contribution >= 4 is 17.6 Å². The van der Waals surface area contributed by atoms with E-state index in [4.69, 9.17) is 18.9 Å². The highest BCUT2D eigenvalue weighted by molar-refractivity contribution is 5.92. The summed E-state index contributed by atoms with van der Waals surface area (Å²) in [6.45, 7) is 5.25. The van der Waals surface area contributed by atoms with E-state index < -0.39 is 16.9 Å². The largest absolute Gasteiger partial charge is 0.494 e. The molecule has 0 heterocycles. The molecule has 3 aromatic carbocycles. The molecule has 0 radical (unpaired) electrons. The van der Waals surface area contributed by atoms with Crippen molar-refractivity contribution in [3.63, 3.8) is 0 Å².